The zero-order valence-electron chi connectivity index (χ0n) is 9.97. The molecule has 2 N–H and O–H groups in total. The van der Waals surface area contributed by atoms with Gasteiger partial charge in [0, 0.05) is 7.05 Å². The lowest BCUT2D eigenvalue weighted by molar-refractivity contribution is -0.115. The lowest BCUT2D eigenvalue weighted by Crippen LogP contribution is -2.16. The second kappa shape index (κ2) is 5.21. The van der Waals surface area contributed by atoms with Crippen LogP contribution in [-0.2, 0) is 11.2 Å². The molecule has 0 unspecified atom stereocenters. The van der Waals surface area contributed by atoms with E-state index in [1.54, 1.807) is 14.0 Å². The summed E-state index contributed by atoms with van der Waals surface area (Å²) >= 11 is 0. The number of nitrogens with one attached hydrogen (secondary N) is 2. The van der Waals surface area contributed by atoms with Crippen molar-refractivity contribution >= 4 is 17.4 Å². The van der Waals surface area contributed by atoms with Gasteiger partial charge in [-0.2, -0.15) is 0 Å². The third-order valence-corrected chi connectivity index (χ3v) is 2.30. The summed E-state index contributed by atoms with van der Waals surface area (Å²) in [6.45, 7) is 1.73. The first-order chi connectivity index (χ1) is 8.70. The molecule has 8 heteroatoms. The average Bonchev–Trinajstić information content (AvgIpc) is 2.75. The lowest BCUT2D eigenvalue weighted by Gasteiger charge is -2.07. The summed E-state index contributed by atoms with van der Waals surface area (Å²) in [5, 5.41) is 12.8. The molecule has 0 bridgehead atoms. The molecule has 0 spiro atoms. The van der Waals surface area contributed by atoms with Crippen molar-refractivity contribution in [2.75, 3.05) is 17.7 Å². The summed E-state index contributed by atoms with van der Waals surface area (Å²) < 4.78 is 4.52. The van der Waals surface area contributed by atoms with E-state index < -0.39 is 0 Å². The number of rotatable bonds is 4. The molecule has 0 aliphatic carbocycles. The molecule has 0 aromatic carbocycles. The van der Waals surface area contributed by atoms with Gasteiger partial charge >= 0.3 is 0 Å². The molecule has 2 aromatic rings. The summed E-state index contributed by atoms with van der Waals surface area (Å²) in [4.78, 5) is 19.6. The fourth-order valence-corrected chi connectivity index (χ4v) is 1.38. The minimum atomic E-state index is -0.236. The summed E-state index contributed by atoms with van der Waals surface area (Å²) in [5.74, 6) is 0.313. The molecule has 0 atom stereocenters. The van der Waals surface area contributed by atoms with Crippen LogP contribution in [0.5, 0.6) is 0 Å². The van der Waals surface area contributed by atoms with Crippen LogP contribution < -0.4 is 10.6 Å². The minimum Gasteiger partial charge on any atom is -0.371 e. The smallest absolute Gasteiger partial charge is 0.230 e. The van der Waals surface area contributed by atoms with E-state index in [1.807, 2.05) is 0 Å². The summed E-state index contributed by atoms with van der Waals surface area (Å²) in [6, 6.07) is 0. The molecular weight excluding hydrogens is 236 g/mol. The van der Waals surface area contributed by atoms with E-state index in [0.29, 0.717) is 22.9 Å². The number of amides is 1. The van der Waals surface area contributed by atoms with Gasteiger partial charge in [-0.15, -0.1) is 0 Å². The van der Waals surface area contributed by atoms with Crippen molar-refractivity contribution in [3.8, 4) is 0 Å². The molecule has 0 fully saturated rings. The number of aryl methyl sites for hydroxylation is 1. The third kappa shape index (κ3) is 2.59. The van der Waals surface area contributed by atoms with Gasteiger partial charge in [0.15, 0.2) is 5.82 Å². The predicted octanol–water partition coefficient (Wildman–Crippen LogP) is 0.391. The molecule has 0 aliphatic rings. The van der Waals surface area contributed by atoms with Crippen LogP contribution in [0, 0.1) is 6.92 Å². The van der Waals surface area contributed by atoms with E-state index in [9.17, 15) is 4.79 Å². The number of carbonyl (C=O) groups excluding carboxylic acids is 1. The molecule has 8 nitrogen and oxygen atoms in total. The minimum absolute atomic E-state index is 0.0907. The molecule has 0 saturated carbocycles. The van der Waals surface area contributed by atoms with Crippen LogP contribution in [-0.4, -0.2) is 33.2 Å². The molecule has 1 amide bonds. The molecule has 2 heterocycles. The number of anilines is 2. The number of nitrogens with zero attached hydrogens (tertiary/aromatic N) is 4. The van der Waals surface area contributed by atoms with Gasteiger partial charge in [-0.3, -0.25) is 4.79 Å². The first-order valence-electron chi connectivity index (χ1n) is 5.26. The SMILES string of the molecule is CNc1ncncc1NC(=O)Cc1nonc1C. The van der Waals surface area contributed by atoms with Crippen molar-refractivity contribution in [1.29, 1.82) is 0 Å². The maximum Gasteiger partial charge on any atom is 0.230 e. The van der Waals surface area contributed by atoms with Gasteiger partial charge in [0.25, 0.3) is 0 Å². The van der Waals surface area contributed by atoms with E-state index in [-0.39, 0.29) is 12.3 Å². The Kier molecular flexibility index (Phi) is 3.46. The second-order valence-corrected chi connectivity index (χ2v) is 3.56. The normalized spacial score (nSPS) is 10.1. The Hall–Kier alpha value is -2.51. The Bertz CT molecular complexity index is 553. The van der Waals surface area contributed by atoms with Crippen molar-refractivity contribution in [2.24, 2.45) is 0 Å². The van der Waals surface area contributed by atoms with Crippen molar-refractivity contribution in [3.05, 3.63) is 23.9 Å². The van der Waals surface area contributed by atoms with E-state index in [4.69, 9.17) is 0 Å². The van der Waals surface area contributed by atoms with E-state index in [2.05, 4.69) is 35.5 Å². The van der Waals surface area contributed by atoms with Crippen LogP contribution >= 0.6 is 0 Å². The fourth-order valence-electron chi connectivity index (χ4n) is 1.38. The molecule has 94 valence electrons. The molecule has 0 saturated heterocycles. The highest BCUT2D eigenvalue weighted by atomic mass is 16.6. The molecule has 0 radical (unpaired) electrons. The Labute approximate surface area is 103 Å². The van der Waals surface area contributed by atoms with Crippen molar-refractivity contribution in [1.82, 2.24) is 20.3 Å². The van der Waals surface area contributed by atoms with Gasteiger partial charge in [-0.05, 0) is 6.92 Å². The summed E-state index contributed by atoms with van der Waals surface area (Å²) in [7, 11) is 1.71. The molecule has 0 aliphatic heterocycles. The number of hydrogen-bond acceptors (Lipinski definition) is 7. The van der Waals surface area contributed by atoms with Gasteiger partial charge in [0.2, 0.25) is 5.91 Å². The lowest BCUT2D eigenvalue weighted by atomic mass is 10.2. The number of hydrogen-bond donors (Lipinski definition) is 2. The molecule has 2 aromatic heterocycles. The summed E-state index contributed by atoms with van der Waals surface area (Å²) in [5.41, 5.74) is 1.62. The van der Waals surface area contributed by atoms with E-state index in [1.165, 1.54) is 12.5 Å². The Morgan fingerprint density at radius 3 is 2.94 bits per heavy atom. The van der Waals surface area contributed by atoms with Crippen molar-refractivity contribution in [2.45, 2.75) is 13.3 Å². The zero-order valence-corrected chi connectivity index (χ0v) is 9.97. The fraction of sp³-hybridized carbons (Fsp3) is 0.300. The largest absolute Gasteiger partial charge is 0.371 e. The van der Waals surface area contributed by atoms with Crippen molar-refractivity contribution in [3.63, 3.8) is 0 Å². The van der Waals surface area contributed by atoms with Gasteiger partial charge in [0.1, 0.15) is 23.4 Å². The van der Waals surface area contributed by atoms with Crippen LogP contribution in [0.15, 0.2) is 17.2 Å². The van der Waals surface area contributed by atoms with Crippen LogP contribution in [0.2, 0.25) is 0 Å². The third-order valence-electron chi connectivity index (χ3n) is 2.30. The monoisotopic (exact) mass is 248 g/mol. The first kappa shape index (κ1) is 12.0. The zero-order chi connectivity index (χ0) is 13.0. The number of carbonyl (C=O) groups is 1. The molecule has 18 heavy (non-hydrogen) atoms. The highest BCUT2D eigenvalue weighted by Crippen LogP contribution is 2.15. The average molecular weight is 248 g/mol. The Morgan fingerprint density at radius 1 is 1.44 bits per heavy atom. The predicted molar refractivity (Wildman–Crippen MR) is 62.9 cm³/mol. The Morgan fingerprint density at radius 2 is 2.28 bits per heavy atom. The summed E-state index contributed by atoms with van der Waals surface area (Å²) in [6.07, 6.45) is 3.01. The van der Waals surface area contributed by atoms with Crippen LogP contribution in [0.4, 0.5) is 11.5 Å². The van der Waals surface area contributed by atoms with Gasteiger partial charge in [-0.25, -0.2) is 14.6 Å². The quantitative estimate of drug-likeness (QED) is 0.806. The van der Waals surface area contributed by atoms with Gasteiger partial charge < -0.3 is 10.6 Å². The van der Waals surface area contributed by atoms with E-state index in [0.717, 1.165) is 0 Å². The molecular formula is C10H12N6O2. The van der Waals surface area contributed by atoms with Gasteiger partial charge in [0.05, 0.1) is 12.6 Å². The standard InChI is InChI=1S/C10H12N6O2/c1-6-7(16-18-15-6)3-9(17)14-8-4-12-5-13-10(8)11-2/h4-5H,3H2,1-2H3,(H,14,17)(H,11,12,13). The highest BCUT2D eigenvalue weighted by Gasteiger charge is 2.12. The van der Waals surface area contributed by atoms with Crippen LogP contribution in [0.3, 0.4) is 0 Å². The Balaban J connectivity index is 2.05. The highest BCUT2D eigenvalue weighted by molar-refractivity contribution is 5.94. The maximum atomic E-state index is 11.8. The van der Waals surface area contributed by atoms with Crippen molar-refractivity contribution < 1.29 is 9.42 Å². The van der Waals surface area contributed by atoms with Crippen LogP contribution in [0.1, 0.15) is 11.4 Å². The van der Waals surface area contributed by atoms with Crippen LogP contribution in [0.25, 0.3) is 0 Å². The van der Waals surface area contributed by atoms with Gasteiger partial charge in [-0.1, -0.05) is 10.3 Å². The second-order valence-electron chi connectivity index (χ2n) is 3.56. The topological polar surface area (TPSA) is 106 Å². The first-order valence-corrected chi connectivity index (χ1v) is 5.26. The number of aromatic nitrogens is 4. The van der Waals surface area contributed by atoms with E-state index >= 15 is 0 Å². The maximum absolute atomic E-state index is 11.8. The molecule has 2 rings (SSSR count).